The normalized spacial score (nSPS) is 24.7. The molecule has 2 unspecified atom stereocenters. The van der Waals surface area contributed by atoms with Crippen LogP contribution in [0, 0.1) is 5.92 Å². The first-order valence-corrected chi connectivity index (χ1v) is 12.8. The number of likely N-dealkylation sites (N-methyl/N-ethyl adjacent to an activating group) is 1. The summed E-state index contributed by atoms with van der Waals surface area (Å²) in [6.07, 6.45) is 5.47. The fourth-order valence-electron chi connectivity index (χ4n) is 5.93. The zero-order valence-electron chi connectivity index (χ0n) is 21.3. The number of quaternary nitrogens is 1. The molecule has 4 atom stereocenters. The number of ketones is 1. The molecule has 0 bridgehead atoms. The van der Waals surface area contributed by atoms with Gasteiger partial charge in [-0.3, -0.25) is 19.4 Å². The average Bonchev–Trinajstić information content (AvgIpc) is 3.36. The molecule has 1 aromatic carbocycles. The molecular formula is C26H35BN4O5. The predicted molar refractivity (Wildman–Crippen MR) is 135 cm³/mol. The van der Waals surface area contributed by atoms with Gasteiger partial charge in [-0.05, 0) is 37.1 Å². The summed E-state index contributed by atoms with van der Waals surface area (Å²) in [6.45, 7) is 6.37. The van der Waals surface area contributed by atoms with Crippen molar-refractivity contribution in [3.05, 3.63) is 60.2 Å². The van der Waals surface area contributed by atoms with Crippen molar-refractivity contribution >= 4 is 24.3 Å². The van der Waals surface area contributed by atoms with Gasteiger partial charge in [0.15, 0.2) is 5.78 Å². The Bertz CT molecular complexity index is 1090. The van der Waals surface area contributed by atoms with Crippen LogP contribution >= 0.6 is 0 Å². The van der Waals surface area contributed by atoms with Gasteiger partial charge in [0.1, 0.15) is 12.2 Å². The van der Waals surface area contributed by atoms with Gasteiger partial charge in [0.05, 0.1) is 25.4 Å². The second kappa shape index (κ2) is 10.9. The molecule has 2 saturated heterocycles. The van der Waals surface area contributed by atoms with Gasteiger partial charge in [0.25, 0.3) is 5.91 Å². The number of carbonyl (C=O) groups excluding carboxylic acids is 3. The lowest BCUT2D eigenvalue weighted by Crippen LogP contribution is -2.65. The molecule has 2 aromatic rings. The zero-order valence-corrected chi connectivity index (χ0v) is 21.3. The van der Waals surface area contributed by atoms with Crippen LogP contribution in [-0.4, -0.2) is 71.0 Å². The Morgan fingerprint density at radius 3 is 2.64 bits per heavy atom. The number of benzene rings is 1. The summed E-state index contributed by atoms with van der Waals surface area (Å²) in [5.41, 5.74) is 1.08. The van der Waals surface area contributed by atoms with Crippen LogP contribution < -0.4 is 5.32 Å². The summed E-state index contributed by atoms with van der Waals surface area (Å²) in [6, 6.07) is 8.81. The molecule has 2 aliphatic rings. The standard InChI is InChI=1S/C26H35BN4O5/c1-4-31-12-13-35-27(31,36-25(33)18-31)21(14-19(2)3)16-24(32)22(15-20-8-6-5-7-9-20)30-26(34)23-17-28-10-11-29-23/h5-11,17,19,21-22H,4,12-16,18H2,1-3H3,(H,30,34)/t21-,22+,27?,31?/m1/s1. The first kappa shape index (κ1) is 26.0. The lowest BCUT2D eigenvalue weighted by molar-refractivity contribution is -0.817. The number of fused-ring (bicyclic) bond motifs is 1. The van der Waals surface area contributed by atoms with Crippen LogP contribution in [0.2, 0.25) is 5.82 Å². The Morgan fingerprint density at radius 2 is 1.97 bits per heavy atom. The van der Waals surface area contributed by atoms with Crippen LogP contribution in [0.5, 0.6) is 0 Å². The molecule has 9 nitrogen and oxygen atoms in total. The topological polar surface area (TPSA) is 107 Å². The van der Waals surface area contributed by atoms with E-state index < -0.39 is 18.6 Å². The maximum absolute atomic E-state index is 13.9. The summed E-state index contributed by atoms with van der Waals surface area (Å²) < 4.78 is 12.7. The van der Waals surface area contributed by atoms with E-state index in [0.29, 0.717) is 36.9 Å². The lowest BCUT2D eigenvalue weighted by Gasteiger charge is -2.48. The number of rotatable bonds is 11. The molecule has 2 fully saturated rings. The Balaban J connectivity index is 1.62. The first-order valence-electron chi connectivity index (χ1n) is 12.8. The molecule has 0 radical (unpaired) electrons. The zero-order chi connectivity index (χ0) is 25.8. The van der Waals surface area contributed by atoms with Crippen molar-refractivity contribution in [2.45, 2.75) is 51.9 Å². The number of hydrogen-bond donors (Lipinski definition) is 1. The second-order valence-corrected chi connectivity index (χ2v) is 10.4. The Kier molecular flexibility index (Phi) is 7.85. The molecule has 1 amide bonds. The molecule has 1 aromatic heterocycles. The van der Waals surface area contributed by atoms with Crippen molar-refractivity contribution in [3.63, 3.8) is 0 Å². The van der Waals surface area contributed by atoms with Gasteiger partial charge in [-0.25, -0.2) is 4.98 Å². The minimum Gasteiger partial charge on any atom is -0.611 e. The Labute approximate surface area is 212 Å². The molecule has 4 rings (SSSR count). The van der Waals surface area contributed by atoms with E-state index in [0.717, 1.165) is 5.56 Å². The molecule has 2 aliphatic heterocycles. The molecule has 36 heavy (non-hydrogen) atoms. The highest BCUT2D eigenvalue weighted by Crippen LogP contribution is 2.46. The number of nitrogens with zero attached hydrogens (tertiary/aromatic N) is 3. The molecule has 1 N–H and O–H groups in total. The number of carbonyl (C=O) groups is 3. The number of Topliss-reactive ketones (excluding diaryl/α,β-unsaturated/α-hetero) is 1. The van der Waals surface area contributed by atoms with Gasteiger partial charge in [0.2, 0.25) is 0 Å². The molecule has 10 heteroatoms. The van der Waals surface area contributed by atoms with Crippen molar-refractivity contribution in [1.29, 1.82) is 0 Å². The van der Waals surface area contributed by atoms with Crippen molar-refractivity contribution < 1.29 is 28.1 Å². The SMILES string of the molecule is CC[N+]12CCO[B-]1([C@@H](CC(=O)[C@H](Cc1ccccc1)NC(=O)c1cnccn1)CC(C)C)OC(=O)C2. The molecular weight excluding hydrogens is 459 g/mol. The lowest BCUT2D eigenvalue weighted by atomic mass is 9.51. The maximum Gasteiger partial charge on any atom is 0.531 e. The number of hydrogen-bond acceptors (Lipinski definition) is 7. The van der Waals surface area contributed by atoms with E-state index in [4.69, 9.17) is 9.31 Å². The van der Waals surface area contributed by atoms with E-state index in [2.05, 4.69) is 29.1 Å². The third-order valence-corrected chi connectivity index (χ3v) is 7.64. The third-order valence-electron chi connectivity index (χ3n) is 7.64. The van der Waals surface area contributed by atoms with Crippen LogP contribution in [0.15, 0.2) is 48.9 Å². The van der Waals surface area contributed by atoms with E-state index >= 15 is 0 Å². The van der Waals surface area contributed by atoms with Gasteiger partial charge >= 0.3 is 12.7 Å². The quantitative estimate of drug-likeness (QED) is 0.479. The van der Waals surface area contributed by atoms with Gasteiger partial charge in [0, 0.05) is 18.9 Å². The van der Waals surface area contributed by atoms with Crippen LogP contribution in [-0.2, 0) is 25.3 Å². The second-order valence-electron chi connectivity index (χ2n) is 10.4. The Hall–Kier alpha value is -3.11. The van der Waals surface area contributed by atoms with Gasteiger partial charge in [-0.2, -0.15) is 0 Å². The first-order chi connectivity index (χ1) is 17.3. The Morgan fingerprint density at radius 1 is 1.19 bits per heavy atom. The van der Waals surface area contributed by atoms with E-state index in [9.17, 15) is 14.4 Å². The van der Waals surface area contributed by atoms with E-state index in [1.807, 2.05) is 37.3 Å². The molecule has 0 saturated carbocycles. The van der Waals surface area contributed by atoms with E-state index in [1.54, 1.807) is 0 Å². The van der Waals surface area contributed by atoms with Crippen molar-refractivity contribution in [1.82, 2.24) is 15.3 Å². The smallest absolute Gasteiger partial charge is 0.531 e. The number of amides is 1. The van der Waals surface area contributed by atoms with E-state index in [-0.39, 0.29) is 42.1 Å². The van der Waals surface area contributed by atoms with E-state index in [1.165, 1.54) is 18.6 Å². The van der Waals surface area contributed by atoms with Gasteiger partial charge in [-0.15, -0.1) is 0 Å². The molecule has 0 spiro atoms. The van der Waals surface area contributed by atoms with Crippen LogP contribution in [0.25, 0.3) is 0 Å². The number of aromatic nitrogens is 2. The highest BCUT2D eigenvalue weighted by Gasteiger charge is 2.66. The van der Waals surface area contributed by atoms with Gasteiger partial charge < -0.3 is 19.0 Å². The summed E-state index contributed by atoms with van der Waals surface area (Å²) in [5, 5.41) is 2.88. The number of nitrogens with one attached hydrogen (secondary N) is 1. The highest BCUT2D eigenvalue weighted by atomic mass is 16.7. The van der Waals surface area contributed by atoms with Crippen LogP contribution in [0.4, 0.5) is 0 Å². The fraction of sp³-hybridized carbons (Fsp3) is 0.500. The molecule has 3 heterocycles. The largest absolute Gasteiger partial charge is 0.611 e. The minimum atomic E-state index is -2.03. The van der Waals surface area contributed by atoms with Crippen LogP contribution in [0.1, 0.15) is 49.7 Å². The summed E-state index contributed by atoms with van der Waals surface area (Å²) in [5.74, 6) is -0.856. The van der Waals surface area contributed by atoms with Gasteiger partial charge in [-0.1, -0.05) is 50.6 Å². The van der Waals surface area contributed by atoms with Crippen LogP contribution in [0.3, 0.4) is 0 Å². The molecule has 0 aliphatic carbocycles. The fourth-order valence-corrected chi connectivity index (χ4v) is 5.93. The highest BCUT2D eigenvalue weighted by molar-refractivity contribution is 6.65. The summed E-state index contributed by atoms with van der Waals surface area (Å²) >= 11 is 0. The summed E-state index contributed by atoms with van der Waals surface area (Å²) in [7, 11) is 0. The maximum atomic E-state index is 13.9. The molecule has 192 valence electrons. The summed E-state index contributed by atoms with van der Waals surface area (Å²) in [4.78, 5) is 47.4. The monoisotopic (exact) mass is 494 g/mol. The predicted octanol–water partition coefficient (Wildman–Crippen LogP) is 2.56. The average molecular weight is 494 g/mol. The van der Waals surface area contributed by atoms with Crippen molar-refractivity contribution in [2.75, 3.05) is 26.2 Å². The minimum absolute atomic E-state index is 0.120. The van der Waals surface area contributed by atoms with Crippen molar-refractivity contribution in [2.24, 2.45) is 5.92 Å². The van der Waals surface area contributed by atoms with Crippen molar-refractivity contribution in [3.8, 4) is 0 Å². The third kappa shape index (κ3) is 5.20.